The van der Waals surface area contributed by atoms with Gasteiger partial charge in [0, 0.05) is 39.5 Å². The largest absolute Gasteiger partial charge is 0.311 e. The molecule has 4 heteroatoms. The van der Waals surface area contributed by atoms with Gasteiger partial charge in [-0.15, -0.1) is 0 Å². The van der Waals surface area contributed by atoms with Crippen LogP contribution in [0.25, 0.3) is 23.3 Å². The van der Waals surface area contributed by atoms with Gasteiger partial charge in [0.25, 0.3) is 0 Å². The highest BCUT2D eigenvalue weighted by Crippen LogP contribution is 2.51. The Morgan fingerprint density at radius 2 is 0.719 bits per heavy atom. The summed E-state index contributed by atoms with van der Waals surface area (Å²) in [5.41, 5.74) is 14.6. The van der Waals surface area contributed by atoms with Crippen LogP contribution in [-0.4, -0.2) is 16.1 Å². The third-order valence-electron chi connectivity index (χ3n) is 11.6. The zero-order valence-electron chi connectivity index (χ0n) is 34.7. The van der Waals surface area contributed by atoms with Crippen LogP contribution in [0.15, 0.2) is 170 Å². The molecule has 0 fully saturated rings. The van der Waals surface area contributed by atoms with E-state index < -0.39 is 16.1 Å². The lowest BCUT2D eigenvalue weighted by Gasteiger charge is -2.28. The summed E-state index contributed by atoms with van der Waals surface area (Å²) in [6, 6.07) is 62.8. The van der Waals surface area contributed by atoms with Crippen molar-refractivity contribution in [3.8, 4) is 11.1 Å². The molecule has 0 aromatic heterocycles. The summed E-state index contributed by atoms with van der Waals surface area (Å²) in [6.45, 7) is 19.2. The molecule has 284 valence electrons. The predicted octanol–water partition coefficient (Wildman–Crippen LogP) is 14.2. The summed E-state index contributed by atoms with van der Waals surface area (Å²) in [5.74, 6) is 0. The fraction of sp³-hybridized carbons (Fsp3) is 0.170. The molecule has 0 heterocycles. The number of anilines is 6. The molecule has 2 nitrogen and oxygen atoms in total. The SMILES string of the molecule is CC1(C)c2cc(/C=C/c3ccc(N(c4ccccc4)c4ccc([Si](C)(C)C)cc4)cc3)ccc2-c2ccc(N(c3ccccc3)c3ccc([Si](C)(C)C)cc3)cc21. The van der Waals surface area contributed by atoms with Crippen LogP contribution < -0.4 is 20.2 Å². The Bertz CT molecular complexity index is 2520. The van der Waals surface area contributed by atoms with Crippen molar-refractivity contribution in [3.05, 3.63) is 192 Å². The molecule has 1 aliphatic carbocycles. The van der Waals surface area contributed by atoms with Gasteiger partial charge in [0.15, 0.2) is 0 Å². The third-order valence-corrected chi connectivity index (χ3v) is 15.7. The van der Waals surface area contributed by atoms with E-state index in [-0.39, 0.29) is 5.41 Å². The summed E-state index contributed by atoms with van der Waals surface area (Å²) in [4.78, 5) is 4.74. The number of para-hydroxylation sites is 2. The number of fused-ring (bicyclic) bond motifs is 3. The average Bonchev–Trinajstić information content (AvgIpc) is 3.43. The minimum absolute atomic E-state index is 0.148. The van der Waals surface area contributed by atoms with Crippen molar-refractivity contribution in [2.24, 2.45) is 0 Å². The van der Waals surface area contributed by atoms with Crippen molar-refractivity contribution in [1.82, 2.24) is 0 Å². The van der Waals surface area contributed by atoms with E-state index in [1.807, 2.05) is 0 Å². The van der Waals surface area contributed by atoms with E-state index in [0.29, 0.717) is 0 Å². The first-order valence-electron chi connectivity index (χ1n) is 20.3. The van der Waals surface area contributed by atoms with Gasteiger partial charge in [0.1, 0.15) is 0 Å². The molecule has 0 saturated carbocycles. The molecule has 0 atom stereocenters. The summed E-state index contributed by atoms with van der Waals surface area (Å²) in [5, 5.41) is 2.94. The highest BCUT2D eigenvalue weighted by molar-refractivity contribution is 6.89. The Labute approximate surface area is 342 Å². The fourth-order valence-electron chi connectivity index (χ4n) is 8.18. The number of rotatable bonds is 10. The lowest BCUT2D eigenvalue weighted by atomic mass is 9.81. The average molecular weight is 775 g/mol. The molecule has 0 N–H and O–H groups in total. The Kier molecular flexibility index (Phi) is 10.1. The summed E-state index contributed by atoms with van der Waals surface area (Å²) in [6.07, 6.45) is 4.49. The lowest BCUT2D eigenvalue weighted by Crippen LogP contribution is -2.37. The van der Waals surface area contributed by atoms with E-state index in [2.05, 4.69) is 245 Å². The molecule has 57 heavy (non-hydrogen) atoms. The molecular weight excluding hydrogens is 721 g/mol. The van der Waals surface area contributed by atoms with Gasteiger partial charge >= 0.3 is 0 Å². The standard InChI is InChI=1S/C53H54N2Si2/c1-53(2)51-37-40(20-19-39-21-24-43(25-22-39)54(41-15-11-9-12-16-41)44-26-31-47(32-27-44)56(3,4)5)23-35-49(51)50-36-30-46(38-52(50)53)55(42-17-13-10-14-18-42)45-28-33-48(34-29-45)57(6,7)8/h9-38H,1-8H3/b20-19+. The zero-order valence-corrected chi connectivity index (χ0v) is 36.7. The molecule has 7 aromatic carbocycles. The number of nitrogens with zero attached hydrogens (tertiary/aromatic N) is 2. The highest BCUT2D eigenvalue weighted by Gasteiger charge is 2.36. The molecule has 0 amide bonds. The Hall–Kier alpha value is -5.69. The van der Waals surface area contributed by atoms with Gasteiger partial charge in [-0.1, -0.05) is 173 Å². The van der Waals surface area contributed by atoms with Crippen LogP contribution in [0.5, 0.6) is 0 Å². The molecule has 0 saturated heterocycles. The van der Waals surface area contributed by atoms with Crippen LogP contribution >= 0.6 is 0 Å². The van der Waals surface area contributed by atoms with Crippen molar-refractivity contribution in [2.75, 3.05) is 9.80 Å². The second-order valence-corrected chi connectivity index (χ2v) is 28.2. The second kappa shape index (κ2) is 15.0. The first-order valence-corrected chi connectivity index (χ1v) is 27.3. The van der Waals surface area contributed by atoms with Gasteiger partial charge in [-0.25, -0.2) is 0 Å². The van der Waals surface area contributed by atoms with Crippen molar-refractivity contribution >= 4 is 72.8 Å². The van der Waals surface area contributed by atoms with Crippen molar-refractivity contribution in [2.45, 2.75) is 58.5 Å². The van der Waals surface area contributed by atoms with E-state index in [0.717, 1.165) is 17.1 Å². The molecule has 0 bridgehead atoms. The van der Waals surface area contributed by atoms with Crippen molar-refractivity contribution in [3.63, 3.8) is 0 Å². The first-order chi connectivity index (χ1) is 27.3. The number of benzene rings is 7. The van der Waals surface area contributed by atoms with Gasteiger partial charge in [-0.2, -0.15) is 0 Å². The van der Waals surface area contributed by atoms with E-state index in [1.165, 1.54) is 60.8 Å². The molecular formula is C53H54N2Si2. The van der Waals surface area contributed by atoms with Crippen LogP contribution in [0.3, 0.4) is 0 Å². The molecule has 0 aliphatic heterocycles. The van der Waals surface area contributed by atoms with Crippen LogP contribution in [0.4, 0.5) is 34.1 Å². The maximum absolute atomic E-state index is 2.42. The summed E-state index contributed by atoms with van der Waals surface area (Å²) < 4.78 is 0. The summed E-state index contributed by atoms with van der Waals surface area (Å²) in [7, 11) is -2.80. The smallest absolute Gasteiger partial charge is 0.0775 e. The normalized spacial score (nSPS) is 13.3. The van der Waals surface area contributed by atoms with Gasteiger partial charge in [-0.05, 0) is 106 Å². The minimum Gasteiger partial charge on any atom is -0.311 e. The van der Waals surface area contributed by atoms with Crippen LogP contribution in [-0.2, 0) is 5.41 Å². The van der Waals surface area contributed by atoms with E-state index in [9.17, 15) is 0 Å². The van der Waals surface area contributed by atoms with Gasteiger partial charge in [0.2, 0.25) is 0 Å². The second-order valence-electron chi connectivity index (χ2n) is 18.0. The summed E-state index contributed by atoms with van der Waals surface area (Å²) >= 11 is 0. The third kappa shape index (κ3) is 7.72. The molecule has 0 radical (unpaired) electrons. The Morgan fingerprint density at radius 1 is 0.368 bits per heavy atom. The van der Waals surface area contributed by atoms with E-state index in [1.54, 1.807) is 0 Å². The topological polar surface area (TPSA) is 6.48 Å². The molecule has 1 aliphatic rings. The monoisotopic (exact) mass is 774 g/mol. The lowest BCUT2D eigenvalue weighted by molar-refractivity contribution is 0.660. The predicted molar refractivity (Wildman–Crippen MR) is 255 cm³/mol. The Morgan fingerprint density at radius 3 is 1.19 bits per heavy atom. The van der Waals surface area contributed by atoms with Crippen LogP contribution in [0.2, 0.25) is 39.3 Å². The van der Waals surface area contributed by atoms with Crippen molar-refractivity contribution in [1.29, 1.82) is 0 Å². The molecule has 0 unspecified atom stereocenters. The van der Waals surface area contributed by atoms with Crippen LogP contribution in [0, 0.1) is 0 Å². The molecule has 7 aromatic rings. The van der Waals surface area contributed by atoms with E-state index in [4.69, 9.17) is 0 Å². The van der Waals surface area contributed by atoms with Gasteiger partial charge in [0.05, 0.1) is 16.1 Å². The van der Waals surface area contributed by atoms with E-state index >= 15 is 0 Å². The van der Waals surface area contributed by atoms with Gasteiger partial charge in [-0.3, -0.25) is 0 Å². The van der Waals surface area contributed by atoms with Gasteiger partial charge < -0.3 is 9.80 Å². The minimum atomic E-state index is -1.41. The fourth-order valence-corrected chi connectivity index (χ4v) is 10.5. The maximum Gasteiger partial charge on any atom is 0.0775 e. The quantitative estimate of drug-likeness (QED) is 0.101. The maximum atomic E-state index is 2.42. The zero-order chi connectivity index (χ0) is 40.0. The number of hydrogen-bond acceptors (Lipinski definition) is 2. The van der Waals surface area contributed by atoms with Crippen LogP contribution in [0.1, 0.15) is 36.1 Å². The first kappa shape index (κ1) is 38.2. The molecule has 0 spiro atoms. The van der Waals surface area contributed by atoms with Crippen molar-refractivity contribution < 1.29 is 0 Å². The Balaban J connectivity index is 1.06. The number of hydrogen-bond donors (Lipinski definition) is 0. The molecule has 8 rings (SSSR count). The highest BCUT2D eigenvalue weighted by atomic mass is 28.3.